The molecule has 3 rings (SSSR count). The number of methoxy groups -OCH3 is 1. The normalized spacial score (nSPS) is 10.7. The Bertz CT molecular complexity index is 977. The van der Waals surface area contributed by atoms with Crippen molar-refractivity contribution in [1.82, 2.24) is 5.32 Å². The second kappa shape index (κ2) is 10.4. The summed E-state index contributed by atoms with van der Waals surface area (Å²) >= 11 is 0. The van der Waals surface area contributed by atoms with Gasteiger partial charge in [-0.15, -0.1) is 0 Å². The predicted octanol–water partition coefficient (Wildman–Crippen LogP) is 4.86. The van der Waals surface area contributed by atoms with Gasteiger partial charge >= 0.3 is 6.61 Å². The maximum atomic E-state index is 12.7. The lowest BCUT2D eigenvalue weighted by molar-refractivity contribution is -0.0512. The van der Waals surface area contributed by atoms with Crippen LogP contribution in [0.25, 0.3) is 0 Å². The first-order valence-corrected chi connectivity index (χ1v) is 9.58. The molecule has 0 saturated carbocycles. The Morgan fingerprint density at radius 3 is 2.40 bits per heavy atom. The second-order valence-corrected chi connectivity index (χ2v) is 6.69. The van der Waals surface area contributed by atoms with E-state index >= 15 is 0 Å². The molecule has 0 aliphatic heterocycles. The SMILES string of the molecule is COc1ccc(CCNC(=O)c2ccccc2Cc2ccccc2)cc1OC(F)F. The van der Waals surface area contributed by atoms with Gasteiger partial charge in [0.25, 0.3) is 5.91 Å². The predicted molar refractivity (Wildman–Crippen MR) is 111 cm³/mol. The molecule has 156 valence electrons. The van der Waals surface area contributed by atoms with E-state index in [0.717, 1.165) is 16.7 Å². The summed E-state index contributed by atoms with van der Waals surface area (Å²) in [5.74, 6) is 0.0431. The number of hydrogen-bond donors (Lipinski definition) is 1. The molecule has 30 heavy (non-hydrogen) atoms. The van der Waals surface area contributed by atoms with Crippen LogP contribution in [-0.4, -0.2) is 26.2 Å². The Morgan fingerprint density at radius 2 is 1.67 bits per heavy atom. The molecule has 0 atom stereocenters. The van der Waals surface area contributed by atoms with Crippen LogP contribution in [0.4, 0.5) is 8.78 Å². The number of carbonyl (C=O) groups excluding carboxylic acids is 1. The zero-order valence-corrected chi connectivity index (χ0v) is 16.6. The molecule has 0 bridgehead atoms. The molecule has 0 fully saturated rings. The molecule has 6 heteroatoms. The molecule has 3 aromatic carbocycles. The number of ether oxygens (including phenoxy) is 2. The van der Waals surface area contributed by atoms with E-state index in [0.29, 0.717) is 24.9 Å². The fourth-order valence-corrected chi connectivity index (χ4v) is 3.19. The maximum absolute atomic E-state index is 12.7. The lowest BCUT2D eigenvalue weighted by Crippen LogP contribution is -2.26. The number of alkyl halides is 2. The molecular formula is C24H23F2NO3. The van der Waals surface area contributed by atoms with Crippen molar-refractivity contribution >= 4 is 5.91 Å². The smallest absolute Gasteiger partial charge is 0.387 e. The third kappa shape index (κ3) is 5.80. The standard InChI is InChI=1S/C24H23F2NO3/c1-29-21-12-11-18(16-22(21)30-24(25)26)13-14-27-23(28)20-10-6-5-9-19(20)15-17-7-3-2-4-8-17/h2-12,16,24H,13-15H2,1H3,(H,27,28). The molecule has 1 N–H and O–H groups in total. The number of rotatable bonds is 9. The largest absolute Gasteiger partial charge is 0.493 e. The topological polar surface area (TPSA) is 47.6 Å². The maximum Gasteiger partial charge on any atom is 0.387 e. The van der Waals surface area contributed by atoms with E-state index in [4.69, 9.17) is 4.74 Å². The summed E-state index contributed by atoms with van der Waals surface area (Å²) in [6, 6.07) is 22.3. The molecule has 0 radical (unpaired) electrons. The molecule has 0 spiro atoms. The van der Waals surface area contributed by atoms with Gasteiger partial charge in [-0.25, -0.2) is 0 Å². The van der Waals surface area contributed by atoms with Crippen LogP contribution in [0, 0.1) is 0 Å². The van der Waals surface area contributed by atoms with Gasteiger partial charge in [-0.2, -0.15) is 8.78 Å². The van der Waals surface area contributed by atoms with Crippen molar-refractivity contribution in [3.63, 3.8) is 0 Å². The van der Waals surface area contributed by atoms with E-state index in [1.807, 2.05) is 48.5 Å². The van der Waals surface area contributed by atoms with Gasteiger partial charge in [-0.3, -0.25) is 4.79 Å². The number of benzene rings is 3. The highest BCUT2D eigenvalue weighted by Crippen LogP contribution is 2.29. The third-order valence-electron chi connectivity index (χ3n) is 4.64. The third-order valence-corrected chi connectivity index (χ3v) is 4.64. The van der Waals surface area contributed by atoms with E-state index in [1.165, 1.54) is 13.2 Å². The molecule has 0 aliphatic carbocycles. The first-order chi connectivity index (χ1) is 14.6. The number of halogens is 2. The fourth-order valence-electron chi connectivity index (χ4n) is 3.19. The highest BCUT2D eigenvalue weighted by atomic mass is 19.3. The van der Waals surface area contributed by atoms with Gasteiger partial charge in [0.15, 0.2) is 11.5 Å². The lowest BCUT2D eigenvalue weighted by atomic mass is 9.99. The van der Waals surface area contributed by atoms with Crippen LogP contribution in [-0.2, 0) is 12.8 Å². The van der Waals surface area contributed by atoms with Crippen molar-refractivity contribution in [3.05, 3.63) is 95.1 Å². The molecular weight excluding hydrogens is 388 g/mol. The zero-order chi connectivity index (χ0) is 21.3. The minimum Gasteiger partial charge on any atom is -0.493 e. The Balaban J connectivity index is 1.63. The molecule has 4 nitrogen and oxygen atoms in total. The van der Waals surface area contributed by atoms with Gasteiger partial charge in [-0.05, 0) is 47.7 Å². The van der Waals surface area contributed by atoms with E-state index < -0.39 is 6.61 Å². The van der Waals surface area contributed by atoms with E-state index in [1.54, 1.807) is 18.2 Å². The molecule has 0 aliphatic rings. The summed E-state index contributed by atoms with van der Waals surface area (Å²) in [6.45, 7) is -2.58. The highest BCUT2D eigenvalue weighted by Gasteiger charge is 2.13. The Labute approximate surface area is 174 Å². The van der Waals surface area contributed by atoms with Crippen molar-refractivity contribution in [2.75, 3.05) is 13.7 Å². The van der Waals surface area contributed by atoms with E-state index in [2.05, 4.69) is 10.1 Å². The van der Waals surface area contributed by atoms with Crippen LogP contribution in [0.5, 0.6) is 11.5 Å². The minimum absolute atomic E-state index is 0.0236. The number of amides is 1. The van der Waals surface area contributed by atoms with E-state index in [9.17, 15) is 13.6 Å². The van der Waals surface area contributed by atoms with Crippen molar-refractivity contribution in [2.45, 2.75) is 19.5 Å². The number of nitrogens with one attached hydrogen (secondary N) is 1. The van der Waals surface area contributed by atoms with Gasteiger partial charge in [0.2, 0.25) is 0 Å². The van der Waals surface area contributed by atoms with Crippen LogP contribution in [0.2, 0.25) is 0 Å². The fraction of sp³-hybridized carbons (Fsp3) is 0.208. The van der Waals surface area contributed by atoms with Crippen LogP contribution in [0.15, 0.2) is 72.8 Å². The summed E-state index contributed by atoms with van der Waals surface area (Å²) in [5, 5.41) is 2.90. The average molecular weight is 411 g/mol. The summed E-state index contributed by atoms with van der Waals surface area (Å²) in [6.07, 6.45) is 1.13. The van der Waals surface area contributed by atoms with Crippen molar-refractivity contribution < 1.29 is 23.0 Å². The molecule has 3 aromatic rings. The number of hydrogen-bond acceptors (Lipinski definition) is 3. The number of carbonyl (C=O) groups is 1. The summed E-state index contributed by atoms with van der Waals surface area (Å²) in [4.78, 5) is 12.7. The summed E-state index contributed by atoms with van der Waals surface area (Å²) in [5.41, 5.74) is 3.45. The van der Waals surface area contributed by atoms with Crippen molar-refractivity contribution in [3.8, 4) is 11.5 Å². The monoisotopic (exact) mass is 411 g/mol. The summed E-state index contributed by atoms with van der Waals surface area (Å²) < 4.78 is 34.7. The van der Waals surface area contributed by atoms with Gasteiger partial charge in [0.05, 0.1) is 7.11 Å². The zero-order valence-electron chi connectivity index (χ0n) is 16.6. The quantitative estimate of drug-likeness (QED) is 0.547. The first-order valence-electron chi connectivity index (χ1n) is 9.58. The van der Waals surface area contributed by atoms with Gasteiger partial charge in [0.1, 0.15) is 0 Å². The second-order valence-electron chi connectivity index (χ2n) is 6.69. The molecule has 1 amide bonds. The average Bonchev–Trinajstić information content (AvgIpc) is 2.74. The minimum atomic E-state index is -2.94. The van der Waals surface area contributed by atoms with Gasteiger partial charge in [0, 0.05) is 12.1 Å². The molecule has 0 heterocycles. The van der Waals surface area contributed by atoms with Crippen LogP contribution < -0.4 is 14.8 Å². The Morgan fingerprint density at radius 1 is 0.933 bits per heavy atom. The van der Waals surface area contributed by atoms with Crippen molar-refractivity contribution in [2.24, 2.45) is 0 Å². The van der Waals surface area contributed by atoms with Crippen LogP contribution in [0.3, 0.4) is 0 Å². The molecule has 0 saturated heterocycles. The van der Waals surface area contributed by atoms with Crippen LogP contribution >= 0.6 is 0 Å². The Kier molecular flexibility index (Phi) is 7.38. The van der Waals surface area contributed by atoms with E-state index in [-0.39, 0.29) is 17.4 Å². The Hall–Kier alpha value is -3.41. The molecule has 0 aromatic heterocycles. The first kappa shape index (κ1) is 21.3. The van der Waals surface area contributed by atoms with Gasteiger partial charge in [-0.1, -0.05) is 54.6 Å². The highest BCUT2D eigenvalue weighted by molar-refractivity contribution is 5.95. The summed E-state index contributed by atoms with van der Waals surface area (Å²) in [7, 11) is 1.39. The van der Waals surface area contributed by atoms with Gasteiger partial charge < -0.3 is 14.8 Å². The van der Waals surface area contributed by atoms with Crippen molar-refractivity contribution in [1.29, 1.82) is 0 Å². The molecule has 0 unspecified atom stereocenters. The van der Waals surface area contributed by atoms with Crippen LogP contribution in [0.1, 0.15) is 27.0 Å². The lowest BCUT2D eigenvalue weighted by Gasteiger charge is -2.13.